The molecule has 0 bridgehead atoms. The molecule has 0 spiro atoms. The van der Waals surface area contributed by atoms with Crippen LogP contribution in [0.3, 0.4) is 0 Å². The molecule has 0 aliphatic carbocycles. The van der Waals surface area contributed by atoms with E-state index in [1.807, 2.05) is 20.8 Å². The summed E-state index contributed by atoms with van der Waals surface area (Å²) in [6.45, 7) is 7.95. The van der Waals surface area contributed by atoms with Gasteiger partial charge in [0.2, 0.25) is 5.95 Å². The molecule has 1 aliphatic heterocycles. The summed E-state index contributed by atoms with van der Waals surface area (Å²) in [5.74, 6) is 0.459. The van der Waals surface area contributed by atoms with Crippen molar-refractivity contribution in [3.05, 3.63) is 11.8 Å². The van der Waals surface area contributed by atoms with Gasteiger partial charge in [0.05, 0.1) is 5.56 Å². The van der Waals surface area contributed by atoms with Crippen LogP contribution in [0.5, 0.6) is 0 Å². The number of nitrogens with one attached hydrogen (secondary N) is 3. The molecular formula is C14H24N6O. The van der Waals surface area contributed by atoms with Gasteiger partial charge in [0.25, 0.3) is 5.91 Å². The highest BCUT2D eigenvalue weighted by atomic mass is 16.1. The predicted octanol–water partition coefficient (Wildman–Crippen LogP) is 0.950. The van der Waals surface area contributed by atoms with E-state index in [2.05, 4.69) is 25.9 Å². The fourth-order valence-corrected chi connectivity index (χ4v) is 2.24. The number of anilines is 2. The van der Waals surface area contributed by atoms with Gasteiger partial charge < -0.3 is 21.7 Å². The Bertz CT molecular complexity index is 505. The van der Waals surface area contributed by atoms with Crippen molar-refractivity contribution >= 4 is 17.7 Å². The molecule has 21 heavy (non-hydrogen) atoms. The topological polar surface area (TPSA) is 105 Å². The number of amides is 1. The molecule has 1 aliphatic rings. The maximum atomic E-state index is 11.5. The van der Waals surface area contributed by atoms with Crippen molar-refractivity contribution in [2.24, 2.45) is 5.73 Å². The summed E-state index contributed by atoms with van der Waals surface area (Å²) in [6.07, 6.45) is 3.61. The second-order valence-corrected chi connectivity index (χ2v) is 6.38. The summed E-state index contributed by atoms with van der Waals surface area (Å²) in [5, 5.41) is 9.82. The van der Waals surface area contributed by atoms with E-state index in [-0.39, 0.29) is 11.6 Å². The summed E-state index contributed by atoms with van der Waals surface area (Å²) in [6, 6.07) is 0.245. The third-order valence-corrected chi connectivity index (χ3v) is 3.18. The normalized spacial score (nSPS) is 19.1. The lowest BCUT2D eigenvalue weighted by Gasteiger charge is -2.26. The van der Waals surface area contributed by atoms with Crippen LogP contribution in [0.4, 0.5) is 11.8 Å². The Morgan fingerprint density at radius 1 is 1.48 bits per heavy atom. The Morgan fingerprint density at radius 3 is 2.81 bits per heavy atom. The highest BCUT2D eigenvalue weighted by Gasteiger charge is 2.19. The number of carbonyl (C=O) groups is 1. The second kappa shape index (κ2) is 6.26. The lowest BCUT2D eigenvalue weighted by Crippen LogP contribution is -2.39. The number of nitrogens with zero attached hydrogens (tertiary/aromatic N) is 2. The average molecular weight is 292 g/mol. The molecular weight excluding hydrogens is 268 g/mol. The fourth-order valence-electron chi connectivity index (χ4n) is 2.24. The summed E-state index contributed by atoms with van der Waals surface area (Å²) < 4.78 is 0. The minimum Gasteiger partial charge on any atom is -0.365 e. The molecule has 0 aromatic carbocycles. The van der Waals surface area contributed by atoms with E-state index in [0.717, 1.165) is 25.9 Å². The van der Waals surface area contributed by atoms with Crippen LogP contribution < -0.4 is 21.7 Å². The van der Waals surface area contributed by atoms with Crippen LogP contribution in [0, 0.1) is 0 Å². The average Bonchev–Trinajstić information content (AvgIpc) is 2.37. The van der Waals surface area contributed by atoms with Crippen LogP contribution in [0.1, 0.15) is 44.0 Å². The smallest absolute Gasteiger partial charge is 0.254 e. The first-order valence-electron chi connectivity index (χ1n) is 7.27. The number of hydrogen-bond acceptors (Lipinski definition) is 6. The van der Waals surface area contributed by atoms with Gasteiger partial charge in [-0.1, -0.05) is 0 Å². The highest BCUT2D eigenvalue weighted by Crippen LogP contribution is 2.18. The molecule has 7 nitrogen and oxygen atoms in total. The molecule has 1 aromatic rings. The van der Waals surface area contributed by atoms with E-state index in [1.54, 1.807) is 0 Å². The molecule has 1 aromatic heterocycles. The molecule has 116 valence electrons. The van der Waals surface area contributed by atoms with Gasteiger partial charge in [-0.05, 0) is 40.2 Å². The lowest BCUT2D eigenvalue weighted by molar-refractivity contribution is 0.100. The van der Waals surface area contributed by atoms with Crippen molar-refractivity contribution in [2.45, 2.75) is 45.2 Å². The van der Waals surface area contributed by atoms with Crippen LogP contribution in [0.25, 0.3) is 0 Å². The molecule has 0 saturated carbocycles. The van der Waals surface area contributed by atoms with Crippen LogP contribution in [-0.4, -0.2) is 40.5 Å². The quantitative estimate of drug-likeness (QED) is 0.658. The van der Waals surface area contributed by atoms with Crippen molar-refractivity contribution < 1.29 is 4.79 Å². The molecule has 1 unspecified atom stereocenters. The van der Waals surface area contributed by atoms with Gasteiger partial charge in [-0.2, -0.15) is 4.98 Å². The van der Waals surface area contributed by atoms with E-state index >= 15 is 0 Å². The van der Waals surface area contributed by atoms with Crippen LogP contribution in [0.2, 0.25) is 0 Å². The van der Waals surface area contributed by atoms with E-state index < -0.39 is 5.91 Å². The largest absolute Gasteiger partial charge is 0.365 e. The zero-order valence-electron chi connectivity index (χ0n) is 12.9. The molecule has 1 saturated heterocycles. The van der Waals surface area contributed by atoms with Gasteiger partial charge in [-0.3, -0.25) is 4.79 Å². The molecule has 5 N–H and O–H groups in total. The number of aromatic nitrogens is 2. The first kappa shape index (κ1) is 15.5. The lowest BCUT2D eigenvalue weighted by atomic mass is 10.1. The molecule has 0 radical (unpaired) electrons. The van der Waals surface area contributed by atoms with Gasteiger partial charge in [0.15, 0.2) is 0 Å². The summed E-state index contributed by atoms with van der Waals surface area (Å²) in [7, 11) is 0. The zero-order chi connectivity index (χ0) is 15.5. The first-order chi connectivity index (χ1) is 9.85. The SMILES string of the molecule is CC(C)(C)Nc1ncc(C(N)=O)c(NC2CCCNC2)n1. The molecule has 1 atom stereocenters. The predicted molar refractivity (Wildman–Crippen MR) is 83.4 cm³/mol. The van der Waals surface area contributed by atoms with Crippen molar-refractivity contribution in [3.8, 4) is 0 Å². The molecule has 2 heterocycles. The van der Waals surface area contributed by atoms with Gasteiger partial charge in [0.1, 0.15) is 5.82 Å². The van der Waals surface area contributed by atoms with Crippen LogP contribution >= 0.6 is 0 Å². The Kier molecular flexibility index (Phi) is 4.62. The van der Waals surface area contributed by atoms with E-state index in [9.17, 15) is 4.79 Å². The maximum Gasteiger partial charge on any atom is 0.254 e. The molecule has 7 heteroatoms. The Balaban J connectivity index is 2.21. The Morgan fingerprint density at radius 2 is 2.24 bits per heavy atom. The first-order valence-corrected chi connectivity index (χ1v) is 7.27. The van der Waals surface area contributed by atoms with Gasteiger partial charge in [-0.15, -0.1) is 0 Å². The minimum atomic E-state index is -0.524. The molecule has 1 amide bonds. The Labute approximate surface area is 125 Å². The highest BCUT2D eigenvalue weighted by molar-refractivity contribution is 5.97. The van der Waals surface area contributed by atoms with Crippen molar-refractivity contribution in [2.75, 3.05) is 23.7 Å². The number of piperidine rings is 1. The van der Waals surface area contributed by atoms with Crippen LogP contribution in [-0.2, 0) is 0 Å². The standard InChI is InChI=1S/C14H24N6O/c1-14(2,3)20-13-17-8-10(11(15)21)12(19-13)18-9-5-4-6-16-7-9/h8-9,16H,4-7H2,1-3H3,(H2,15,21)(H2,17,18,19,20). The van der Waals surface area contributed by atoms with Gasteiger partial charge in [-0.25, -0.2) is 4.98 Å². The van der Waals surface area contributed by atoms with E-state index in [1.165, 1.54) is 6.20 Å². The number of hydrogen-bond donors (Lipinski definition) is 4. The van der Waals surface area contributed by atoms with Crippen molar-refractivity contribution in [1.82, 2.24) is 15.3 Å². The van der Waals surface area contributed by atoms with E-state index in [0.29, 0.717) is 17.3 Å². The molecule has 1 fully saturated rings. The number of nitrogens with two attached hydrogens (primary N) is 1. The number of carbonyl (C=O) groups excluding carboxylic acids is 1. The van der Waals surface area contributed by atoms with Gasteiger partial charge >= 0.3 is 0 Å². The summed E-state index contributed by atoms with van der Waals surface area (Å²) >= 11 is 0. The monoisotopic (exact) mass is 292 g/mol. The van der Waals surface area contributed by atoms with Crippen molar-refractivity contribution in [3.63, 3.8) is 0 Å². The maximum absolute atomic E-state index is 11.5. The summed E-state index contributed by atoms with van der Waals surface area (Å²) in [5.41, 5.74) is 5.57. The number of primary amides is 1. The second-order valence-electron chi connectivity index (χ2n) is 6.38. The van der Waals surface area contributed by atoms with Crippen LogP contribution in [0.15, 0.2) is 6.20 Å². The number of rotatable bonds is 4. The van der Waals surface area contributed by atoms with E-state index in [4.69, 9.17) is 5.73 Å². The fraction of sp³-hybridized carbons (Fsp3) is 0.643. The minimum absolute atomic E-state index is 0.155. The Hall–Kier alpha value is -1.89. The van der Waals surface area contributed by atoms with Gasteiger partial charge in [0, 0.05) is 24.3 Å². The summed E-state index contributed by atoms with van der Waals surface area (Å²) in [4.78, 5) is 20.1. The third kappa shape index (κ3) is 4.56. The third-order valence-electron chi connectivity index (χ3n) is 3.18. The zero-order valence-corrected chi connectivity index (χ0v) is 12.9. The van der Waals surface area contributed by atoms with Crippen molar-refractivity contribution in [1.29, 1.82) is 0 Å². The molecule has 2 rings (SSSR count).